The van der Waals surface area contributed by atoms with Crippen LogP contribution in [0, 0.1) is 11.3 Å². The molecule has 0 aliphatic heterocycles. The molecule has 5 heteroatoms. The number of hydrogen-bond acceptors (Lipinski definition) is 4. The summed E-state index contributed by atoms with van der Waals surface area (Å²) in [6.07, 6.45) is 2.04. The van der Waals surface area contributed by atoms with Gasteiger partial charge in [-0.05, 0) is 17.7 Å². The molecule has 4 aromatic rings. The molecular weight excluding hydrogens is 304 g/mol. The van der Waals surface area contributed by atoms with Gasteiger partial charge in [0.1, 0.15) is 5.69 Å². The number of rotatable bonds is 3. The molecule has 0 saturated heterocycles. The van der Waals surface area contributed by atoms with Gasteiger partial charge in [-0.15, -0.1) is 11.3 Å². The van der Waals surface area contributed by atoms with Gasteiger partial charge in [0, 0.05) is 11.6 Å². The number of nitrogens with zero attached hydrogens (tertiary/aromatic N) is 4. The van der Waals surface area contributed by atoms with Gasteiger partial charge < -0.3 is 0 Å². The van der Waals surface area contributed by atoms with E-state index >= 15 is 0 Å². The van der Waals surface area contributed by atoms with E-state index in [0.717, 1.165) is 33.3 Å². The molecule has 0 atom stereocenters. The van der Waals surface area contributed by atoms with E-state index < -0.39 is 0 Å². The van der Waals surface area contributed by atoms with Crippen molar-refractivity contribution >= 4 is 16.3 Å². The second-order valence-electron chi connectivity index (χ2n) is 5.06. The third kappa shape index (κ3) is 2.30. The summed E-state index contributed by atoms with van der Waals surface area (Å²) in [7, 11) is 0. The summed E-state index contributed by atoms with van der Waals surface area (Å²) < 4.78 is 2.08. The zero-order valence-electron chi connectivity index (χ0n) is 12.2. The van der Waals surface area contributed by atoms with Crippen molar-refractivity contribution in [3.63, 3.8) is 0 Å². The number of fused-ring (bicyclic) bond motifs is 1. The highest BCUT2D eigenvalue weighted by molar-refractivity contribution is 7.15. The Morgan fingerprint density at radius 2 is 1.91 bits per heavy atom. The van der Waals surface area contributed by atoms with Crippen molar-refractivity contribution in [2.45, 2.75) is 6.42 Å². The van der Waals surface area contributed by atoms with E-state index in [-0.39, 0.29) is 0 Å². The fourth-order valence-corrected chi connectivity index (χ4v) is 3.59. The quantitative estimate of drug-likeness (QED) is 0.569. The van der Waals surface area contributed by atoms with E-state index in [9.17, 15) is 5.26 Å². The summed E-state index contributed by atoms with van der Waals surface area (Å²) in [6, 6.07) is 18.2. The highest BCUT2D eigenvalue weighted by Gasteiger charge is 2.19. The van der Waals surface area contributed by atoms with E-state index in [1.807, 2.05) is 36.4 Å². The van der Waals surface area contributed by atoms with Crippen molar-refractivity contribution in [1.82, 2.24) is 14.4 Å². The smallest absolute Gasteiger partial charge is 0.195 e. The first-order chi connectivity index (χ1) is 11.4. The molecule has 0 aliphatic carbocycles. The van der Waals surface area contributed by atoms with Crippen LogP contribution in [0.2, 0.25) is 0 Å². The van der Waals surface area contributed by atoms with Gasteiger partial charge in [-0.25, -0.2) is 4.98 Å². The number of aromatic nitrogens is 3. The molecule has 110 valence electrons. The number of benzene rings is 1. The van der Waals surface area contributed by atoms with Gasteiger partial charge >= 0.3 is 0 Å². The Hall–Kier alpha value is -2.97. The van der Waals surface area contributed by atoms with Crippen LogP contribution < -0.4 is 0 Å². The van der Waals surface area contributed by atoms with Crippen molar-refractivity contribution in [2.75, 3.05) is 0 Å². The van der Waals surface area contributed by atoms with Gasteiger partial charge in [0.15, 0.2) is 4.96 Å². The maximum absolute atomic E-state index is 9.26. The molecule has 0 N–H and O–H groups in total. The summed E-state index contributed by atoms with van der Waals surface area (Å²) in [5, 5.41) is 11.3. The Kier molecular flexibility index (Phi) is 3.37. The molecule has 4 nitrogen and oxygen atoms in total. The summed E-state index contributed by atoms with van der Waals surface area (Å²) in [6.45, 7) is 0. The molecule has 0 fully saturated rings. The van der Waals surface area contributed by atoms with Gasteiger partial charge in [-0.1, -0.05) is 36.4 Å². The first-order valence-electron chi connectivity index (χ1n) is 7.21. The van der Waals surface area contributed by atoms with Crippen molar-refractivity contribution in [1.29, 1.82) is 5.26 Å². The minimum Gasteiger partial charge on any atom is -0.285 e. The molecule has 4 rings (SSSR count). The summed E-state index contributed by atoms with van der Waals surface area (Å²) in [4.78, 5) is 9.99. The fourth-order valence-electron chi connectivity index (χ4n) is 2.67. The second kappa shape index (κ2) is 5.67. The van der Waals surface area contributed by atoms with Gasteiger partial charge in [0.05, 0.1) is 29.6 Å². The van der Waals surface area contributed by atoms with Gasteiger partial charge in [-0.2, -0.15) is 5.26 Å². The molecule has 0 aliphatic rings. The molecule has 1 aromatic carbocycles. The Balaban J connectivity index is 1.99. The van der Waals surface area contributed by atoms with E-state index in [0.29, 0.717) is 6.42 Å². The minimum absolute atomic E-state index is 0.295. The van der Waals surface area contributed by atoms with Crippen LogP contribution in [0.1, 0.15) is 5.69 Å². The zero-order chi connectivity index (χ0) is 15.6. The molecule has 0 unspecified atom stereocenters. The van der Waals surface area contributed by atoms with Crippen LogP contribution in [-0.4, -0.2) is 14.4 Å². The molecule has 0 amide bonds. The molecule has 23 heavy (non-hydrogen) atoms. The number of thiazole rings is 1. The van der Waals surface area contributed by atoms with Gasteiger partial charge in [-0.3, -0.25) is 9.38 Å². The van der Waals surface area contributed by atoms with Crippen molar-refractivity contribution < 1.29 is 0 Å². The standard InChI is InChI=1S/C18H12N4S/c19-10-9-15-17(14-8-4-5-11-20-14)21-18-22(15)16(12-23-18)13-6-2-1-3-7-13/h1-8,11-12H,9H2. The minimum atomic E-state index is 0.295. The van der Waals surface area contributed by atoms with Crippen LogP contribution in [0.5, 0.6) is 0 Å². The lowest BCUT2D eigenvalue weighted by molar-refractivity contribution is 1.08. The first-order valence-corrected chi connectivity index (χ1v) is 8.09. The Morgan fingerprint density at radius 3 is 2.65 bits per heavy atom. The maximum Gasteiger partial charge on any atom is 0.195 e. The lowest BCUT2D eigenvalue weighted by Crippen LogP contribution is -1.95. The molecule has 0 saturated carbocycles. The number of pyridine rings is 1. The van der Waals surface area contributed by atoms with E-state index in [4.69, 9.17) is 4.98 Å². The highest BCUT2D eigenvalue weighted by Crippen LogP contribution is 2.32. The lowest BCUT2D eigenvalue weighted by Gasteiger charge is -2.04. The summed E-state index contributed by atoms with van der Waals surface area (Å²) in [5.74, 6) is 0. The Bertz CT molecular complexity index is 994. The Labute approximate surface area is 137 Å². The van der Waals surface area contributed by atoms with E-state index in [1.54, 1.807) is 17.5 Å². The zero-order valence-corrected chi connectivity index (χ0v) is 13.0. The van der Waals surface area contributed by atoms with E-state index in [1.165, 1.54) is 0 Å². The van der Waals surface area contributed by atoms with Crippen molar-refractivity contribution in [2.24, 2.45) is 0 Å². The van der Waals surface area contributed by atoms with Crippen LogP contribution in [-0.2, 0) is 6.42 Å². The largest absolute Gasteiger partial charge is 0.285 e. The topological polar surface area (TPSA) is 54.0 Å². The molecule has 3 aromatic heterocycles. The van der Waals surface area contributed by atoms with Crippen LogP contribution in [0.3, 0.4) is 0 Å². The van der Waals surface area contributed by atoms with E-state index in [2.05, 4.69) is 33.0 Å². The van der Waals surface area contributed by atoms with Crippen molar-refractivity contribution in [3.05, 3.63) is 65.8 Å². The van der Waals surface area contributed by atoms with Crippen LogP contribution in [0.25, 0.3) is 27.6 Å². The van der Waals surface area contributed by atoms with Crippen molar-refractivity contribution in [3.8, 4) is 28.7 Å². The molecule has 3 heterocycles. The molecular formula is C18H12N4S. The molecule has 0 radical (unpaired) electrons. The number of imidazole rings is 1. The van der Waals surface area contributed by atoms with Crippen LogP contribution >= 0.6 is 11.3 Å². The SMILES string of the molecule is N#CCc1c(-c2ccccn2)nc2scc(-c3ccccc3)n12. The first kappa shape index (κ1) is 13.7. The normalized spacial score (nSPS) is 10.7. The Morgan fingerprint density at radius 1 is 1.09 bits per heavy atom. The van der Waals surface area contributed by atoms with Gasteiger partial charge in [0.2, 0.25) is 0 Å². The number of nitriles is 1. The summed E-state index contributed by atoms with van der Waals surface area (Å²) >= 11 is 1.58. The average Bonchev–Trinajstić information content (AvgIpc) is 3.17. The molecule has 0 spiro atoms. The summed E-state index contributed by atoms with van der Waals surface area (Å²) in [5.41, 5.74) is 4.65. The van der Waals surface area contributed by atoms with Crippen LogP contribution in [0.4, 0.5) is 0 Å². The molecule has 0 bridgehead atoms. The highest BCUT2D eigenvalue weighted by atomic mass is 32.1. The van der Waals surface area contributed by atoms with Gasteiger partial charge in [0.25, 0.3) is 0 Å². The number of hydrogen-bond donors (Lipinski definition) is 0. The monoisotopic (exact) mass is 316 g/mol. The van der Waals surface area contributed by atoms with Crippen LogP contribution in [0.15, 0.2) is 60.1 Å². The maximum atomic E-state index is 9.26. The average molecular weight is 316 g/mol. The third-order valence-corrected chi connectivity index (χ3v) is 4.51. The third-order valence-electron chi connectivity index (χ3n) is 3.68. The lowest BCUT2D eigenvalue weighted by atomic mass is 10.1. The predicted molar refractivity (Wildman–Crippen MR) is 91.1 cm³/mol. The fraction of sp³-hybridized carbons (Fsp3) is 0.0556. The second-order valence-corrected chi connectivity index (χ2v) is 5.90. The predicted octanol–water partition coefficient (Wildman–Crippen LogP) is 4.19.